The third-order valence-corrected chi connectivity index (χ3v) is 3.50. The van der Waals surface area contributed by atoms with Crippen molar-refractivity contribution in [1.82, 2.24) is 20.3 Å². The van der Waals surface area contributed by atoms with Gasteiger partial charge in [-0.15, -0.1) is 5.10 Å². The van der Waals surface area contributed by atoms with Gasteiger partial charge in [-0.25, -0.2) is 0 Å². The van der Waals surface area contributed by atoms with Crippen LogP contribution in [0.15, 0.2) is 48.8 Å². The van der Waals surface area contributed by atoms with Gasteiger partial charge < -0.3 is 10.1 Å². The maximum absolute atomic E-state index is 5.42. The van der Waals surface area contributed by atoms with Crippen molar-refractivity contribution in [3.05, 3.63) is 54.4 Å². The minimum absolute atomic E-state index is 0.814. The van der Waals surface area contributed by atoms with E-state index in [4.69, 9.17) is 4.74 Å². The van der Waals surface area contributed by atoms with Crippen molar-refractivity contribution >= 4 is 10.8 Å². The van der Waals surface area contributed by atoms with Gasteiger partial charge in [0, 0.05) is 24.7 Å². The maximum atomic E-state index is 5.42. The molecule has 0 saturated heterocycles. The second-order valence-corrected chi connectivity index (χ2v) is 4.82. The van der Waals surface area contributed by atoms with E-state index in [2.05, 4.69) is 39.9 Å². The van der Waals surface area contributed by atoms with Gasteiger partial charge in [0.1, 0.15) is 5.75 Å². The molecule has 0 aliphatic rings. The predicted octanol–water partition coefficient (Wildman–Crippen LogP) is 2.23. The second-order valence-electron chi connectivity index (χ2n) is 4.82. The standard InChI is InChI=1S/C16H18N4O/c1-21-16-7-6-13(14-4-2-3-5-15(14)16)12-17-8-10-20-11-9-18-19-20/h2-7,9,11,17H,8,10,12H2,1H3. The Balaban J connectivity index is 1.69. The van der Waals surface area contributed by atoms with E-state index in [0.29, 0.717) is 0 Å². The van der Waals surface area contributed by atoms with Gasteiger partial charge in [-0.2, -0.15) is 0 Å². The van der Waals surface area contributed by atoms with Gasteiger partial charge in [-0.1, -0.05) is 35.5 Å². The average molecular weight is 282 g/mol. The largest absolute Gasteiger partial charge is 0.496 e. The van der Waals surface area contributed by atoms with Crippen molar-refractivity contribution in [2.24, 2.45) is 0 Å². The second kappa shape index (κ2) is 6.37. The Morgan fingerprint density at radius 2 is 2.00 bits per heavy atom. The van der Waals surface area contributed by atoms with E-state index in [1.54, 1.807) is 13.3 Å². The zero-order valence-electron chi connectivity index (χ0n) is 12.0. The molecule has 0 unspecified atom stereocenters. The molecule has 5 nitrogen and oxygen atoms in total. The number of aromatic nitrogens is 3. The van der Waals surface area contributed by atoms with Gasteiger partial charge in [0.05, 0.1) is 19.9 Å². The summed E-state index contributed by atoms with van der Waals surface area (Å²) in [6.45, 7) is 2.48. The van der Waals surface area contributed by atoms with Gasteiger partial charge in [-0.05, 0) is 17.0 Å². The van der Waals surface area contributed by atoms with Crippen LogP contribution in [0.4, 0.5) is 0 Å². The summed E-state index contributed by atoms with van der Waals surface area (Å²) in [5.41, 5.74) is 1.27. The summed E-state index contributed by atoms with van der Waals surface area (Å²) in [5.74, 6) is 0.914. The van der Waals surface area contributed by atoms with Crippen LogP contribution in [0, 0.1) is 0 Å². The molecule has 2 aromatic carbocycles. The predicted molar refractivity (Wildman–Crippen MR) is 82.2 cm³/mol. The van der Waals surface area contributed by atoms with Crippen LogP contribution in [-0.2, 0) is 13.1 Å². The van der Waals surface area contributed by atoms with Crippen molar-refractivity contribution in [2.45, 2.75) is 13.1 Å². The molecule has 0 aliphatic carbocycles. The lowest BCUT2D eigenvalue weighted by atomic mass is 10.0. The van der Waals surface area contributed by atoms with Gasteiger partial charge in [-0.3, -0.25) is 4.68 Å². The average Bonchev–Trinajstić information content (AvgIpc) is 3.05. The third-order valence-electron chi connectivity index (χ3n) is 3.50. The number of ether oxygens (including phenoxy) is 1. The Morgan fingerprint density at radius 3 is 2.76 bits per heavy atom. The molecule has 0 bridgehead atoms. The lowest BCUT2D eigenvalue weighted by Crippen LogP contribution is -2.20. The van der Waals surface area contributed by atoms with E-state index in [1.807, 2.05) is 23.0 Å². The number of hydrogen-bond donors (Lipinski definition) is 1. The van der Waals surface area contributed by atoms with Crippen LogP contribution in [0.5, 0.6) is 5.75 Å². The van der Waals surface area contributed by atoms with Crippen molar-refractivity contribution in [1.29, 1.82) is 0 Å². The van der Waals surface area contributed by atoms with Crippen LogP contribution in [0.2, 0.25) is 0 Å². The highest BCUT2D eigenvalue weighted by Crippen LogP contribution is 2.28. The molecule has 1 N–H and O–H groups in total. The fourth-order valence-corrected chi connectivity index (χ4v) is 2.43. The maximum Gasteiger partial charge on any atom is 0.126 e. The molecule has 0 atom stereocenters. The molecule has 5 heteroatoms. The Bertz CT molecular complexity index is 709. The van der Waals surface area contributed by atoms with Crippen LogP contribution >= 0.6 is 0 Å². The van der Waals surface area contributed by atoms with Crippen LogP contribution in [-0.4, -0.2) is 28.6 Å². The normalized spacial score (nSPS) is 10.9. The van der Waals surface area contributed by atoms with Crippen LogP contribution in [0.1, 0.15) is 5.56 Å². The van der Waals surface area contributed by atoms with Gasteiger partial charge in [0.2, 0.25) is 0 Å². The quantitative estimate of drug-likeness (QED) is 0.704. The smallest absolute Gasteiger partial charge is 0.126 e. The molecule has 1 aromatic heterocycles. The molecule has 1 heterocycles. The number of benzene rings is 2. The summed E-state index contributed by atoms with van der Waals surface area (Å²) in [6, 6.07) is 12.5. The SMILES string of the molecule is COc1ccc(CNCCn2ccnn2)c2ccccc12. The molecule has 21 heavy (non-hydrogen) atoms. The molecule has 0 aliphatic heterocycles. The first-order valence-electron chi connectivity index (χ1n) is 6.98. The van der Waals surface area contributed by atoms with Gasteiger partial charge in [0.25, 0.3) is 0 Å². The van der Waals surface area contributed by atoms with Crippen molar-refractivity contribution in [2.75, 3.05) is 13.7 Å². The Hall–Kier alpha value is -2.40. The summed E-state index contributed by atoms with van der Waals surface area (Å²) in [7, 11) is 1.71. The van der Waals surface area contributed by atoms with Crippen molar-refractivity contribution in [3.8, 4) is 5.75 Å². The first kappa shape index (κ1) is 13.6. The fraction of sp³-hybridized carbons (Fsp3) is 0.250. The molecule has 108 valence electrons. The molecule has 0 spiro atoms. The van der Waals surface area contributed by atoms with Gasteiger partial charge in [0.15, 0.2) is 0 Å². The Labute approximate surface area is 123 Å². The van der Waals surface area contributed by atoms with Crippen molar-refractivity contribution < 1.29 is 4.74 Å². The number of fused-ring (bicyclic) bond motifs is 1. The fourth-order valence-electron chi connectivity index (χ4n) is 2.43. The summed E-state index contributed by atoms with van der Waals surface area (Å²) < 4.78 is 7.24. The minimum atomic E-state index is 0.814. The molecule has 0 amide bonds. The first-order chi connectivity index (χ1) is 10.4. The van der Waals surface area contributed by atoms with E-state index in [0.717, 1.165) is 30.8 Å². The summed E-state index contributed by atoms with van der Waals surface area (Å²) in [4.78, 5) is 0. The molecule has 0 fully saturated rings. The van der Waals surface area contributed by atoms with E-state index in [-0.39, 0.29) is 0 Å². The summed E-state index contributed by atoms with van der Waals surface area (Å²) in [6.07, 6.45) is 3.56. The lowest BCUT2D eigenvalue weighted by Gasteiger charge is -2.11. The zero-order valence-corrected chi connectivity index (χ0v) is 12.0. The molecule has 0 radical (unpaired) electrons. The molecular formula is C16H18N4O. The molecule has 3 rings (SSSR count). The number of methoxy groups -OCH3 is 1. The zero-order chi connectivity index (χ0) is 14.5. The van der Waals surface area contributed by atoms with E-state index < -0.39 is 0 Å². The Morgan fingerprint density at radius 1 is 1.14 bits per heavy atom. The highest BCUT2D eigenvalue weighted by molar-refractivity contribution is 5.91. The topological polar surface area (TPSA) is 52.0 Å². The highest BCUT2D eigenvalue weighted by Gasteiger charge is 2.05. The van der Waals surface area contributed by atoms with E-state index in [1.165, 1.54) is 10.9 Å². The first-order valence-corrected chi connectivity index (χ1v) is 6.98. The lowest BCUT2D eigenvalue weighted by molar-refractivity contribution is 0.419. The molecule has 3 aromatic rings. The molecule has 0 saturated carbocycles. The van der Waals surface area contributed by atoms with Crippen LogP contribution in [0.25, 0.3) is 10.8 Å². The highest BCUT2D eigenvalue weighted by atomic mass is 16.5. The molecular weight excluding hydrogens is 264 g/mol. The van der Waals surface area contributed by atoms with Crippen LogP contribution < -0.4 is 10.1 Å². The summed E-state index contributed by atoms with van der Waals surface area (Å²) >= 11 is 0. The summed E-state index contributed by atoms with van der Waals surface area (Å²) in [5, 5.41) is 13.5. The van der Waals surface area contributed by atoms with Crippen LogP contribution in [0.3, 0.4) is 0 Å². The monoisotopic (exact) mass is 282 g/mol. The van der Waals surface area contributed by atoms with E-state index >= 15 is 0 Å². The van der Waals surface area contributed by atoms with Gasteiger partial charge >= 0.3 is 0 Å². The minimum Gasteiger partial charge on any atom is -0.496 e. The van der Waals surface area contributed by atoms with E-state index in [9.17, 15) is 0 Å². The Kier molecular flexibility index (Phi) is 4.12. The third kappa shape index (κ3) is 3.03. The number of nitrogens with zero attached hydrogens (tertiary/aromatic N) is 3. The number of rotatable bonds is 6. The number of nitrogens with one attached hydrogen (secondary N) is 1. The van der Waals surface area contributed by atoms with Crippen molar-refractivity contribution in [3.63, 3.8) is 0 Å². The number of hydrogen-bond acceptors (Lipinski definition) is 4.